The number of anilines is 1. The van der Waals surface area contributed by atoms with Crippen LogP contribution in [-0.2, 0) is 6.18 Å². The molecule has 0 aromatic heterocycles. The maximum absolute atomic E-state index is 12.6. The Morgan fingerprint density at radius 3 is 2.19 bits per heavy atom. The number of nitrogen functional groups attached to an aromatic ring is 1. The standard InChI is InChI=1S/C11H15F3N2/c1-6(2)10(16)7-3-4-9(15)8(5-7)11(12,13)14/h3-6,10H,15-16H2,1-2H3. The molecule has 0 aliphatic carbocycles. The second-order valence-corrected chi connectivity index (χ2v) is 4.11. The van der Waals surface area contributed by atoms with Gasteiger partial charge in [-0.05, 0) is 23.6 Å². The molecule has 90 valence electrons. The Morgan fingerprint density at radius 1 is 1.19 bits per heavy atom. The first-order valence-electron chi connectivity index (χ1n) is 4.95. The summed E-state index contributed by atoms with van der Waals surface area (Å²) in [6, 6.07) is 3.40. The van der Waals surface area contributed by atoms with E-state index in [0.29, 0.717) is 5.56 Å². The predicted molar refractivity (Wildman–Crippen MR) is 57.6 cm³/mol. The predicted octanol–water partition coefficient (Wildman–Crippen LogP) is 2.94. The lowest BCUT2D eigenvalue weighted by Crippen LogP contribution is -2.18. The molecular weight excluding hydrogens is 217 g/mol. The maximum Gasteiger partial charge on any atom is 0.418 e. The Balaban J connectivity index is 3.18. The van der Waals surface area contributed by atoms with Gasteiger partial charge < -0.3 is 11.5 Å². The lowest BCUT2D eigenvalue weighted by Gasteiger charge is -2.18. The first-order chi connectivity index (χ1) is 7.23. The maximum atomic E-state index is 12.6. The third-order valence-corrected chi connectivity index (χ3v) is 2.49. The third kappa shape index (κ3) is 2.66. The summed E-state index contributed by atoms with van der Waals surface area (Å²) in [5.41, 5.74) is 10.4. The molecule has 16 heavy (non-hydrogen) atoms. The summed E-state index contributed by atoms with van der Waals surface area (Å²) < 4.78 is 37.7. The molecular formula is C11H15F3N2. The SMILES string of the molecule is CC(C)C(N)c1ccc(N)c(C(F)(F)F)c1. The molecule has 5 heteroatoms. The number of hydrogen-bond donors (Lipinski definition) is 2. The van der Waals surface area contributed by atoms with Gasteiger partial charge in [-0.1, -0.05) is 19.9 Å². The van der Waals surface area contributed by atoms with E-state index in [2.05, 4.69) is 0 Å². The van der Waals surface area contributed by atoms with E-state index in [-0.39, 0.29) is 11.6 Å². The van der Waals surface area contributed by atoms with Crippen molar-refractivity contribution in [2.45, 2.75) is 26.1 Å². The molecule has 1 aromatic carbocycles. The number of hydrogen-bond acceptors (Lipinski definition) is 2. The van der Waals surface area contributed by atoms with E-state index >= 15 is 0 Å². The highest BCUT2D eigenvalue weighted by atomic mass is 19.4. The van der Waals surface area contributed by atoms with Crippen LogP contribution in [0.25, 0.3) is 0 Å². The molecule has 0 aliphatic rings. The highest BCUT2D eigenvalue weighted by Gasteiger charge is 2.33. The average Bonchev–Trinajstić information content (AvgIpc) is 2.15. The zero-order valence-corrected chi connectivity index (χ0v) is 9.18. The minimum absolute atomic E-state index is 0.0738. The molecule has 0 radical (unpaired) electrons. The van der Waals surface area contributed by atoms with Crippen molar-refractivity contribution in [3.63, 3.8) is 0 Å². The van der Waals surface area contributed by atoms with Crippen molar-refractivity contribution in [3.05, 3.63) is 29.3 Å². The summed E-state index contributed by atoms with van der Waals surface area (Å²) in [4.78, 5) is 0. The Labute approximate surface area is 92.4 Å². The molecule has 1 atom stereocenters. The van der Waals surface area contributed by atoms with Crippen molar-refractivity contribution < 1.29 is 13.2 Å². The van der Waals surface area contributed by atoms with E-state index in [1.807, 2.05) is 13.8 Å². The minimum Gasteiger partial charge on any atom is -0.398 e. The molecule has 1 unspecified atom stereocenters. The smallest absolute Gasteiger partial charge is 0.398 e. The highest BCUT2D eigenvalue weighted by Crippen LogP contribution is 2.35. The van der Waals surface area contributed by atoms with E-state index in [0.717, 1.165) is 6.07 Å². The van der Waals surface area contributed by atoms with Gasteiger partial charge in [0.15, 0.2) is 0 Å². The van der Waals surface area contributed by atoms with Crippen LogP contribution in [0.2, 0.25) is 0 Å². The highest BCUT2D eigenvalue weighted by molar-refractivity contribution is 5.50. The molecule has 0 spiro atoms. The van der Waals surface area contributed by atoms with E-state index in [1.54, 1.807) is 0 Å². The van der Waals surface area contributed by atoms with Crippen LogP contribution in [0.1, 0.15) is 31.0 Å². The lowest BCUT2D eigenvalue weighted by molar-refractivity contribution is -0.137. The van der Waals surface area contributed by atoms with Gasteiger partial charge in [0.05, 0.1) is 5.56 Å². The number of alkyl halides is 3. The molecule has 0 heterocycles. The largest absolute Gasteiger partial charge is 0.418 e. The van der Waals surface area contributed by atoms with Crippen molar-refractivity contribution >= 4 is 5.69 Å². The second kappa shape index (κ2) is 4.33. The Bertz CT molecular complexity index is 372. The van der Waals surface area contributed by atoms with Crippen LogP contribution in [0.15, 0.2) is 18.2 Å². The molecule has 0 fully saturated rings. The second-order valence-electron chi connectivity index (χ2n) is 4.11. The quantitative estimate of drug-likeness (QED) is 0.770. The molecule has 0 aliphatic heterocycles. The van der Waals surface area contributed by atoms with Crippen LogP contribution in [0.4, 0.5) is 18.9 Å². The molecule has 4 N–H and O–H groups in total. The normalized spacial score (nSPS) is 14.2. The lowest BCUT2D eigenvalue weighted by atomic mass is 9.95. The summed E-state index contributed by atoms with van der Waals surface area (Å²) in [6.07, 6.45) is -4.43. The molecule has 1 aromatic rings. The van der Waals surface area contributed by atoms with E-state index in [4.69, 9.17) is 11.5 Å². The number of rotatable bonds is 2. The Kier molecular flexibility index (Phi) is 3.48. The van der Waals surface area contributed by atoms with Gasteiger partial charge in [-0.3, -0.25) is 0 Å². The third-order valence-electron chi connectivity index (χ3n) is 2.49. The molecule has 0 saturated heterocycles. The van der Waals surface area contributed by atoms with Crippen LogP contribution in [0, 0.1) is 5.92 Å². The van der Waals surface area contributed by atoms with Crippen molar-refractivity contribution in [1.82, 2.24) is 0 Å². The summed E-state index contributed by atoms with van der Waals surface area (Å²) in [5, 5.41) is 0. The number of benzene rings is 1. The van der Waals surface area contributed by atoms with E-state index in [1.165, 1.54) is 12.1 Å². The summed E-state index contributed by atoms with van der Waals surface area (Å²) in [6.45, 7) is 3.71. The fraction of sp³-hybridized carbons (Fsp3) is 0.455. The van der Waals surface area contributed by atoms with Crippen LogP contribution < -0.4 is 11.5 Å². The summed E-state index contributed by atoms with van der Waals surface area (Å²) in [7, 11) is 0. The molecule has 0 bridgehead atoms. The zero-order valence-electron chi connectivity index (χ0n) is 9.18. The zero-order chi connectivity index (χ0) is 12.5. The Hall–Kier alpha value is -1.23. The van der Waals surface area contributed by atoms with Gasteiger partial charge >= 0.3 is 6.18 Å². The molecule has 1 rings (SSSR count). The molecule has 2 nitrogen and oxygen atoms in total. The van der Waals surface area contributed by atoms with Crippen molar-refractivity contribution in [2.75, 3.05) is 5.73 Å². The van der Waals surface area contributed by atoms with Gasteiger partial charge in [-0.25, -0.2) is 0 Å². The summed E-state index contributed by atoms with van der Waals surface area (Å²) in [5.74, 6) is 0.0738. The fourth-order valence-electron chi connectivity index (χ4n) is 1.41. The van der Waals surface area contributed by atoms with E-state index in [9.17, 15) is 13.2 Å². The van der Waals surface area contributed by atoms with Gasteiger partial charge in [-0.15, -0.1) is 0 Å². The average molecular weight is 232 g/mol. The summed E-state index contributed by atoms with van der Waals surface area (Å²) >= 11 is 0. The van der Waals surface area contributed by atoms with Crippen molar-refractivity contribution in [1.29, 1.82) is 0 Å². The van der Waals surface area contributed by atoms with Gasteiger partial charge in [-0.2, -0.15) is 13.2 Å². The van der Waals surface area contributed by atoms with Crippen molar-refractivity contribution in [3.8, 4) is 0 Å². The number of nitrogens with two attached hydrogens (primary N) is 2. The van der Waals surface area contributed by atoms with Gasteiger partial charge in [0.2, 0.25) is 0 Å². The van der Waals surface area contributed by atoms with Crippen molar-refractivity contribution in [2.24, 2.45) is 11.7 Å². The Morgan fingerprint density at radius 2 is 1.75 bits per heavy atom. The fourth-order valence-corrected chi connectivity index (χ4v) is 1.41. The minimum atomic E-state index is -4.43. The van der Waals surface area contributed by atoms with Gasteiger partial charge in [0.25, 0.3) is 0 Å². The first-order valence-corrected chi connectivity index (χ1v) is 4.95. The van der Waals surface area contributed by atoms with Crippen LogP contribution in [0.3, 0.4) is 0 Å². The van der Waals surface area contributed by atoms with Gasteiger partial charge in [0, 0.05) is 11.7 Å². The van der Waals surface area contributed by atoms with Crippen LogP contribution in [0.5, 0.6) is 0 Å². The van der Waals surface area contributed by atoms with Gasteiger partial charge in [0.1, 0.15) is 0 Å². The molecule has 0 saturated carbocycles. The van der Waals surface area contributed by atoms with E-state index < -0.39 is 17.8 Å². The first kappa shape index (κ1) is 12.8. The van der Waals surface area contributed by atoms with Crippen LogP contribution >= 0.6 is 0 Å². The number of halogens is 3. The monoisotopic (exact) mass is 232 g/mol. The molecule has 0 amide bonds. The van der Waals surface area contributed by atoms with Crippen LogP contribution in [-0.4, -0.2) is 0 Å². The topological polar surface area (TPSA) is 52.0 Å².